The molecule has 3 heterocycles. The van der Waals surface area contributed by atoms with Crippen LogP contribution in [0.3, 0.4) is 0 Å². The van der Waals surface area contributed by atoms with E-state index in [0.29, 0.717) is 43.9 Å². The molecule has 1 atom stereocenters. The van der Waals surface area contributed by atoms with Crippen LogP contribution in [0.15, 0.2) is 48.7 Å². The molecule has 0 spiro atoms. The van der Waals surface area contributed by atoms with Gasteiger partial charge in [0, 0.05) is 67.8 Å². The van der Waals surface area contributed by atoms with Crippen LogP contribution in [0.5, 0.6) is 0 Å². The summed E-state index contributed by atoms with van der Waals surface area (Å²) in [5.41, 5.74) is 2.01. The lowest BCUT2D eigenvalue weighted by Gasteiger charge is -2.42. The number of carboxylic acids is 1. The minimum atomic E-state index is -2.94. The van der Waals surface area contributed by atoms with Gasteiger partial charge in [-0.25, -0.2) is 18.0 Å². The molecular formula is C31H36Cl2F3N5O2. The summed E-state index contributed by atoms with van der Waals surface area (Å²) in [7, 11) is 0. The Hall–Kier alpha value is -2.95. The Labute approximate surface area is 260 Å². The Balaban J connectivity index is 0.00000368. The largest absolute Gasteiger partial charge is 0.478 e. The molecule has 43 heavy (non-hydrogen) atoms. The van der Waals surface area contributed by atoms with E-state index >= 15 is 0 Å². The van der Waals surface area contributed by atoms with Crippen molar-refractivity contribution in [1.82, 2.24) is 14.7 Å². The van der Waals surface area contributed by atoms with Crippen LogP contribution in [0.4, 0.5) is 24.5 Å². The van der Waals surface area contributed by atoms with Crippen LogP contribution < -0.4 is 9.80 Å². The number of halogens is 5. The van der Waals surface area contributed by atoms with Crippen molar-refractivity contribution < 1.29 is 23.1 Å². The van der Waals surface area contributed by atoms with Crippen molar-refractivity contribution in [3.8, 4) is 11.1 Å². The van der Waals surface area contributed by atoms with Crippen LogP contribution in [0.25, 0.3) is 11.1 Å². The third-order valence-corrected chi connectivity index (χ3v) is 9.22. The first kappa shape index (κ1) is 31.5. The van der Waals surface area contributed by atoms with Crippen molar-refractivity contribution in [2.24, 2.45) is 0 Å². The molecule has 0 radical (unpaired) electrons. The minimum absolute atomic E-state index is 0. The van der Waals surface area contributed by atoms with Gasteiger partial charge in [0.25, 0.3) is 6.43 Å². The molecule has 1 aliphatic carbocycles. The second kappa shape index (κ2) is 13.0. The topological polar surface area (TPSA) is 64.8 Å². The summed E-state index contributed by atoms with van der Waals surface area (Å²) in [6.07, 6.45) is 1.78. The van der Waals surface area contributed by atoms with Crippen molar-refractivity contribution in [2.45, 2.75) is 50.2 Å². The van der Waals surface area contributed by atoms with E-state index in [4.69, 9.17) is 11.6 Å². The summed E-state index contributed by atoms with van der Waals surface area (Å²) >= 11 is 6.43. The van der Waals surface area contributed by atoms with Gasteiger partial charge in [-0.2, -0.15) is 5.10 Å². The first-order valence-corrected chi connectivity index (χ1v) is 15.0. The quantitative estimate of drug-likeness (QED) is 0.284. The van der Waals surface area contributed by atoms with E-state index in [-0.39, 0.29) is 12.4 Å². The Morgan fingerprint density at radius 2 is 1.74 bits per heavy atom. The molecule has 232 valence electrons. The standard InChI is InChI=1S/C31H35ClF3N5O2.ClH/c32-22-6-9-25(21-4-7-23(8-5-21)38-15-13-37(14-16-38)20-31(35)10-2-11-31)27(17-22)39-12-1-3-24(19-39)40-28(29(33)34)26(18-36-40)30(41)42;/h4-9,17-18,24,29H,1-3,10-16,19-20H2,(H,41,42);1H. The highest BCUT2D eigenvalue weighted by molar-refractivity contribution is 6.31. The molecule has 2 aliphatic heterocycles. The molecule has 3 fully saturated rings. The van der Waals surface area contributed by atoms with Gasteiger partial charge in [0.1, 0.15) is 16.9 Å². The highest BCUT2D eigenvalue weighted by Gasteiger charge is 2.39. The van der Waals surface area contributed by atoms with Crippen LogP contribution in [-0.2, 0) is 0 Å². The fourth-order valence-electron chi connectivity index (χ4n) is 6.56. The lowest BCUT2D eigenvalue weighted by Crippen LogP contribution is -2.52. The van der Waals surface area contributed by atoms with Crippen molar-refractivity contribution in [3.05, 3.63) is 64.9 Å². The number of aromatic nitrogens is 2. The molecule has 1 unspecified atom stereocenters. The maximum absolute atomic E-state index is 14.6. The molecule has 1 N–H and O–H groups in total. The van der Waals surface area contributed by atoms with Gasteiger partial charge >= 0.3 is 5.97 Å². The Kier molecular flexibility index (Phi) is 9.49. The fourth-order valence-corrected chi connectivity index (χ4v) is 6.73. The molecule has 7 nitrogen and oxygen atoms in total. The number of hydrogen-bond donors (Lipinski definition) is 1. The van der Waals surface area contributed by atoms with E-state index in [1.807, 2.05) is 18.2 Å². The van der Waals surface area contributed by atoms with Crippen molar-refractivity contribution in [2.75, 3.05) is 55.6 Å². The summed E-state index contributed by atoms with van der Waals surface area (Å²) in [5, 5.41) is 14.0. The van der Waals surface area contributed by atoms with E-state index < -0.39 is 35.4 Å². The molecule has 2 saturated heterocycles. The minimum Gasteiger partial charge on any atom is -0.478 e. The number of carbonyl (C=O) groups is 1. The molecule has 12 heteroatoms. The van der Waals surface area contributed by atoms with E-state index in [1.54, 1.807) is 0 Å². The number of piperidine rings is 1. The lowest BCUT2D eigenvalue weighted by molar-refractivity contribution is 0.0191. The van der Waals surface area contributed by atoms with E-state index in [2.05, 4.69) is 44.1 Å². The first-order chi connectivity index (χ1) is 20.2. The van der Waals surface area contributed by atoms with Crippen molar-refractivity contribution in [3.63, 3.8) is 0 Å². The zero-order valence-electron chi connectivity index (χ0n) is 23.8. The number of piperazine rings is 1. The fraction of sp³-hybridized carbons (Fsp3) is 0.484. The molecule has 2 aromatic carbocycles. The van der Waals surface area contributed by atoms with E-state index in [0.717, 1.165) is 67.7 Å². The average molecular weight is 639 g/mol. The Morgan fingerprint density at radius 3 is 2.37 bits per heavy atom. The van der Waals surface area contributed by atoms with Gasteiger partial charge in [-0.15, -0.1) is 12.4 Å². The van der Waals surface area contributed by atoms with Crippen molar-refractivity contribution >= 4 is 41.4 Å². The predicted octanol–water partition coefficient (Wildman–Crippen LogP) is 7.12. The van der Waals surface area contributed by atoms with Gasteiger partial charge in [-0.3, -0.25) is 9.58 Å². The number of alkyl halides is 3. The first-order valence-electron chi connectivity index (χ1n) is 14.6. The molecule has 6 rings (SSSR count). The van der Waals surface area contributed by atoms with Crippen LogP contribution in [0, 0.1) is 0 Å². The summed E-state index contributed by atoms with van der Waals surface area (Å²) in [5.74, 6) is -1.41. The van der Waals surface area contributed by atoms with Crippen molar-refractivity contribution in [1.29, 1.82) is 0 Å². The van der Waals surface area contributed by atoms with Crippen LogP contribution in [0.1, 0.15) is 60.6 Å². The number of nitrogens with zero attached hydrogens (tertiary/aromatic N) is 5. The zero-order chi connectivity index (χ0) is 29.4. The molecule has 0 amide bonds. The van der Waals surface area contributed by atoms with Gasteiger partial charge in [0.15, 0.2) is 0 Å². The second-order valence-electron chi connectivity index (χ2n) is 11.7. The zero-order valence-corrected chi connectivity index (χ0v) is 25.3. The normalized spacial score (nSPS) is 20.5. The molecule has 3 aliphatic rings. The van der Waals surface area contributed by atoms with Crippen LogP contribution >= 0.6 is 24.0 Å². The number of hydrogen-bond acceptors (Lipinski definition) is 5. The van der Waals surface area contributed by atoms with Gasteiger partial charge in [0.05, 0.1) is 12.2 Å². The molecule has 0 bridgehead atoms. The maximum Gasteiger partial charge on any atom is 0.339 e. The number of benzene rings is 2. The summed E-state index contributed by atoms with van der Waals surface area (Å²) in [4.78, 5) is 18.2. The van der Waals surface area contributed by atoms with Crippen LogP contribution in [-0.4, -0.2) is 77.2 Å². The van der Waals surface area contributed by atoms with E-state index in [9.17, 15) is 23.1 Å². The number of carboxylic acid groups (broad SMARTS) is 1. The highest BCUT2D eigenvalue weighted by Crippen LogP contribution is 2.39. The third-order valence-electron chi connectivity index (χ3n) is 8.99. The number of anilines is 2. The third kappa shape index (κ3) is 6.61. The summed E-state index contributed by atoms with van der Waals surface area (Å²) in [6, 6.07) is 13.7. The monoisotopic (exact) mass is 637 g/mol. The maximum atomic E-state index is 14.6. The SMILES string of the molecule is Cl.O=C(O)c1cnn(C2CCCN(c3cc(Cl)ccc3-c3ccc(N4CCN(CC5(F)CCC5)CC4)cc3)C2)c1C(F)F. The number of rotatable bonds is 8. The van der Waals surface area contributed by atoms with E-state index in [1.165, 1.54) is 4.68 Å². The average Bonchev–Trinajstić information content (AvgIpc) is 3.43. The molecule has 1 aromatic heterocycles. The summed E-state index contributed by atoms with van der Waals surface area (Å²) in [6.45, 7) is 5.06. The van der Waals surface area contributed by atoms with Gasteiger partial charge in [0.2, 0.25) is 0 Å². The molecule has 3 aromatic rings. The Bertz CT molecular complexity index is 1430. The number of aromatic carboxylic acids is 1. The van der Waals surface area contributed by atoms with Gasteiger partial charge in [-0.1, -0.05) is 29.8 Å². The molecule has 1 saturated carbocycles. The smallest absolute Gasteiger partial charge is 0.339 e. The Morgan fingerprint density at radius 1 is 1.02 bits per heavy atom. The highest BCUT2D eigenvalue weighted by atomic mass is 35.5. The van der Waals surface area contributed by atoms with Gasteiger partial charge < -0.3 is 14.9 Å². The lowest BCUT2D eigenvalue weighted by atomic mass is 9.81. The van der Waals surface area contributed by atoms with Crippen LogP contribution in [0.2, 0.25) is 5.02 Å². The summed E-state index contributed by atoms with van der Waals surface area (Å²) < 4.78 is 43.5. The molecular weight excluding hydrogens is 602 g/mol. The second-order valence-corrected chi connectivity index (χ2v) is 12.1. The predicted molar refractivity (Wildman–Crippen MR) is 165 cm³/mol. The van der Waals surface area contributed by atoms with Gasteiger partial charge in [-0.05, 0) is 61.9 Å².